The Morgan fingerprint density at radius 3 is 2.27 bits per heavy atom. The molecule has 0 atom stereocenters. The molecular weight excluding hydrogens is 404 g/mol. The number of fused-ring (bicyclic) bond motifs is 3. The summed E-state index contributed by atoms with van der Waals surface area (Å²) in [5.41, 5.74) is 6.09. The lowest BCUT2D eigenvalue weighted by Crippen LogP contribution is -2.44. The molecule has 0 radical (unpaired) electrons. The van der Waals surface area contributed by atoms with E-state index in [-0.39, 0.29) is 0 Å². The molecule has 33 heavy (non-hydrogen) atoms. The third-order valence-electron chi connectivity index (χ3n) is 8.61. The van der Waals surface area contributed by atoms with Gasteiger partial charge in [0.05, 0.1) is 0 Å². The van der Waals surface area contributed by atoms with Crippen LogP contribution < -0.4 is 0 Å². The van der Waals surface area contributed by atoms with Gasteiger partial charge in [-0.2, -0.15) is 0 Å². The molecule has 1 N–H and O–H groups in total. The smallest absolute Gasteiger partial charge is 0.327 e. The van der Waals surface area contributed by atoms with Gasteiger partial charge in [0.15, 0.2) is 0 Å². The van der Waals surface area contributed by atoms with Crippen molar-refractivity contribution in [2.45, 2.75) is 95.8 Å². The lowest BCUT2D eigenvalue weighted by Gasteiger charge is -2.54. The van der Waals surface area contributed by atoms with Crippen LogP contribution in [0, 0.1) is 5.41 Å². The van der Waals surface area contributed by atoms with Crippen molar-refractivity contribution in [3.63, 3.8) is 0 Å². The van der Waals surface area contributed by atoms with Crippen molar-refractivity contribution in [3.05, 3.63) is 71.8 Å². The topological polar surface area (TPSA) is 37.3 Å². The van der Waals surface area contributed by atoms with Crippen LogP contribution in [0.2, 0.25) is 0 Å². The number of carboxylic acids is 1. The molecule has 0 amide bonds. The molecule has 2 heteroatoms. The minimum Gasteiger partial charge on any atom is -0.478 e. The molecule has 2 aromatic rings. The Morgan fingerprint density at radius 2 is 1.61 bits per heavy atom. The second-order valence-corrected chi connectivity index (χ2v) is 10.6. The van der Waals surface area contributed by atoms with Crippen LogP contribution in [0.15, 0.2) is 60.7 Å². The van der Waals surface area contributed by atoms with Crippen LogP contribution in [0.5, 0.6) is 0 Å². The highest BCUT2D eigenvalue weighted by atomic mass is 16.4. The Hall–Kier alpha value is -2.35. The van der Waals surface area contributed by atoms with E-state index in [4.69, 9.17) is 5.11 Å². The van der Waals surface area contributed by atoms with Gasteiger partial charge in [-0.3, -0.25) is 0 Å². The van der Waals surface area contributed by atoms with E-state index in [1.807, 2.05) is 6.07 Å². The highest BCUT2D eigenvalue weighted by molar-refractivity contribution is 5.80. The molecule has 0 aromatic heterocycles. The predicted molar refractivity (Wildman–Crippen MR) is 138 cm³/mol. The number of aliphatic carboxylic acids is 1. The Balaban J connectivity index is 1.51. The van der Waals surface area contributed by atoms with E-state index >= 15 is 0 Å². The van der Waals surface area contributed by atoms with Gasteiger partial charge in [-0.05, 0) is 84.5 Å². The Morgan fingerprint density at radius 1 is 0.909 bits per heavy atom. The second kappa shape index (κ2) is 10.7. The zero-order valence-electron chi connectivity index (χ0n) is 20.3. The molecule has 176 valence electrons. The quantitative estimate of drug-likeness (QED) is 0.279. The maximum atomic E-state index is 11.0. The van der Waals surface area contributed by atoms with Crippen LogP contribution in [-0.4, -0.2) is 11.1 Å². The van der Waals surface area contributed by atoms with Crippen molar-refractivity contribution < 1.29 is 9.90 Å². The number of hydrogen-bond acceptors (Lipinski definition) is 1. The van der Waals surface area contributed by atoms with E-state index in [0.717, 1.165) is 0 Å². The van der Waals surface area contributed by atoms with E-state index in [9.17, 15) is 4.79 Å². The van der Waals surface area contributed by atoms with Gasteiger partial charge in [0, 0.05) is 6.08 Å². The van der Waals surface area contributed by atoms with Gasteiger partial charge in [0.1, 0.15) is 0 Å². The number of allylic oxidation sites excluding steroid dienone is 1. The molecule has 3 aliphatic carbocycles. The van der Waals surface area contributed by atoms with E-state index in [1.165, 1.54) is 105 Å². The molecule has 0 spiro atoms. The largest absolute Gasteiger partial charge is 0.478 e. The molecule has 2 aromatic carbocycles. The fraction of sp³-hybridized carbons (Fsp3) is 0.516. The molecule has 0 saturated heterocycles. The summed E-state index contributed by atoms with van der Waals surface area (Å²) in [5.74, 6) is -0.878. The first-order valence-corrected chi connectivity index (χ1v) is 13.1. The molecule has 3 saturated carbocycles. The van der Waals surface area contributed by atoms with Crippen LogP contribution in [0.4, 0.5) is 0 Å². The zero-order valence-corrected chi connectivity index (χ0v) is 20.3. The van der Waals surface area contributed by atoms with Crippen LogP contribution >= 0.6 is 0 Å². The summed E-state index contributed by atoms with van der Waals surface area (Å²) in [7, 11) is 0. The van der Waals surface area contributed by atoms with Crippen LogP contribution in [0.3, 0.4) is 0 Å². The van der Waals surface area contributed by atoms with Crippen molar-refractivity contribution >= 4 is 5.97 Å². The van der Waals surface area contributed by atoms with Crippen LogP contribution in [0.1, 0.15) is 95.1 Å². The van der Waals surface area contributed by atoms with E-state index in [2.05, 4.69) is 49.4 Å². The number of carbonyl (C=O) groups is 1. The van der Waals surface area contributed by atoms with Crippen molar-refractivity contribution in [1.82, 2.24) is 0 Å². The maximum absolute atomic E-state index is 11.0. The summed E-state index contributed by atoms with van der Waals surface area (Å²) in [4.78, 5) is 11.0. The lowest BCUT2D eigenvalue weighted by atomic mass is 9.51. The first-order valence-electron chi connectivity index (χ1n) is 13.1. The van der Waals surface area contributed by atoms with Gasteiger partial charge < -0.3 is 5.11 Å². The van der Waals surface area contributed by atoms with Crippen molar-refractivity contribution in [1.29, 1.82) is 0 Å². The first-order chi connectivity index (χ1) is 16.1. The number of rotatable bonds is 11. The van der Waals surface area contributed by atoms with Crippen LogP contribution in [-0.2, 0) is 16.6 Å². The van der Waals surface area contributed by atoms with Crippen molar-refractivity contribution in [2.75, 3.05) is 0 Å². The SMILES string of the molecule is CCCCCCCC12CCC(c3ccc(-c4ccccc4)c(CC=CC(=O)O)c3)(CC1)CC2. The Kier molecular flexibility index (Phi) is 7.73. The van der Waals surface area contributed by atoms with Gasteiger partial charge in [-0.15, -0.1) is 0 Å². The van der Waals surface area contributed by atoms with Gasteiger partial charge in [0.25, 0.3) is 0 Å². The van der Waals surface area contributed by atoms with Gasteiger partial charge in [-0.1, -0.05) is 93.6 Å². The normalized spacial score (nSPS) is 24.4. The summed E-state index contributed by atoms with van der Waals surface area (Å²) >= 11 is 0. The minimum atomic E-state index is -0.878. The molecule has 2 nitrogen and oxygen atoms in total. The summed E-state index contributed by atoms with van der Waals surface area (Å²) < 4.78 is 0. The average Bonchev–Trinajstić information content (AvgIpc) is 2.85. The summed E-state index contributed by atoms with van der Waals surface area (Å²) in [5, 5.41) is 9.06. The molecule has 0 heterocycles. The van der Waals surface area contributed by atoms with Gasteiger partial charge >= 0.3 is 5.97 Å². The van der Waals surface area contributed by atoms with Gasteiger partial charge in [-0.25, -0.2) is 4.79 Å². The Labute approximate surface area is 200 Å². The van der Waals surface area contributed by atoms with Crippen molar-refractivity contribution in [2.24, 2.45) is 5.41 Å². The van der Waals surface area contributed by atoms with Crippen LogP contribution in [0.25, 0.3) is 11.1 Å². The van der Waals surface area contributed by atoms with E-state index in [0.29, 0.717) is 17.3 Å². The standard InChI is InChI=1S/C31H40O2/c1-2-3-4-5-9-17-30-18-21-31(22-19-30,23-20-30)27-15-16-28(25-11-7-6-8-12-25)26(24-27)13-10-14-29(32)33/h6-8,10-12,14-16,24H,2-5,9,13,17-23H2,1H3,(H,32,33). The third kappa shape index (κ3) is 5.60. The summed E-state index contributed by atoms with van der Waals surface area (Å²) in [6.45, 7) is 2.29. The first kappa shape index (κ1) is 23.8. The molecule has 3 fully saturated rings. The van der Waals surface area contributed by atoms with E-state index < -0.39 is 5.97 Å². The van der Waals surface area contributed by atoms with Gasteiger partial charge in [0.2, 0.25) is 0 Å². The number of unbranched alkanes of at least 4 members (excludes halogenated alkanes) is 4. The Bertz CT molecular complexity index is 932. The van der Waals surface area contributed by atoms with E-state index in [1.54, 1.807) is 6.08 Å². The second-order valence-electron chi connectivity index (χ2n) is 10.6. The predicted octanol–water partition coefficient (Wildman–Crippen LogP) is 8.49. The molecule has 5 rings (SSSR count). The molecule has 3 aliphatic rings. The van der Waals surface area contributed by atoms with Crippen molar-refractivity contribution in [3.8, 4) is 11.1 Å². The summed E-state index contributed by atoms with van der Waals surface area (Å²) in [6.07, 6.45) is 20.2. The zero-order chi connectivity index (χ0) is 23.2. The highest BCUT2D eigenvalue weighted by Gasteiger charge is 2.48. The summed E-state index contributed by atoms with van der Waals surface area (Å²) in [6, 6.07) is 17.5. The molecular formula is C31H40O2. The number of hydrogen-bond donors (Lipinski definition) is 1. The number of benzene rings is 2. The fourth-order valence-corrected chi connectivity index (χ4v) is 6.45. The lowest BCUT2D eigenvalue weighted by molar-refractivity contribution is -0.131. The number of carboxylic acid groups (broad SMARTS) is 1. The minimum absolute atomic E-state index is 0.324. The molecule has 2 bridgehead atoms. The maximum Gasteiger partial charge on any atom is 0.327 e. The highest BCUT2D eigenvalue weighted by Crippen LogP contribution is 2.59. The third-order valence-corrected chi connectivity index (χ3v) is 8.61. The average molecular weight is 445 g/mol. The molecule has 0 aliphatic heterocycles. The monoisotopic (exact) mass is 444 g/mol. The fourth-order valence-electron chi connectivity index (χ4n) is 6.45. The molecule has 0 unspecified atom stereocenters.